The first-order chi connectivity index (χ1) is 17.5. The van der Waals surface area contributed by atoms with Crippen LogP contribution < -0.4 is 9.62 Å². The molecular formula is C27H29BrClN3O4S. The van der Waals surface area contributed by atoms with Crippen LogP contribution in [0, 0.1) is 6.92 Å². The highest BCUT2D eigenvalue weighted by atomic mass is 79.9. The predicted octanol–water partition coefficient (Wildman–Crippen LogP) is 5.16. The van der Waals surface area contributed by atoms with E-state index < -0.39 is 28.5 Å². The van der Waals surface area contributed by atoms with Gasteiger partial charge in [-0.1, -0.05) is 57.9 Å². The Morgan fingerprint density at radius 2 is 1.68 bits per heavy atom. The molecule has 0 heterocycles. The summed E-state index contributed by atoms with van der Waals surface area (Å²) in [6.45, 7) is 5.19. The number of likely N-dealkylation sites (N-methyl/N-ethyl adjacent to an activating group) is 1. The second-order valence-electron chi connectivity index (χ2n) is 8.47. The highest BCUT2D eigenvalue weighted by molar-refractivity contribution is 9.10. The van der Waals surface area contributed by atoms with Crippen molar-refractivity contribution in [2.45, 2.75) is 38.3 Å². The summed E-state index contributed by atoms with van der Waals surface area (Å²) in [5.74, 6) is -0.844. The summed E-state index contributed by atoms with van der Waals surface area (Å²) in [4.78, 5) is 28.0. The molecule has 196 valence electrons. The fourth-order valence-corrected chi connectivity index (χ4v) is 5.81. The van der Waals surface area contributed by atoms with Crippen LogP contribution in [0.5, 0.6) is 0 Å². The maximum Gasteiger partial charge on any atom is 0.264 e. The van der Waals surface area contributed by atoms with Gasteiger partial charge in [-0.05, 0) is 74.4 Å². The Labute approximate surface area is 231 Å². The number of hydrogen-bond donors (Lipinski definition) is 1. The molecule has 0 aromatic heterocycles. The average molecular weight is 607 g/mol. The number of hydrogen-bond acceptors (Lipinski definition) is 4. The van der Waals surface area contributed by atoms with Crippen LogP contribution in [0.3, 0.4) is 0 Å². The van der Waals surface area contributed by atoms with Crippen LogP contribution in [0.1, 0.15) is 25.0 Å². The van der Waals surface area contributed by atoms with E-state index in [1.165, 1.54) is 17.0 Å². The van der Waals surface area contributed by atoms with Gasteiger partial charge in [-0.2, -0.15) is 0 Å². The predicted molar refractivity (Wildman–Crippen MR) is 150 cm³/mol. The lowest BCUT2D eigenvalue weighted by atomic mass is 10.1. The van der Waals surface area contributed by atoms with E-state index in [0.29, 0.717) is 22.8 Å². The van der Waals surface area contributed by atoms with Crippen LogP contribution in [0.25, 0.3) is 0 Å². The Kier molecular flexibility index (Phi) is 9.75. The number of halogens is 2. The maximum atomic E-state index is 13.8. The number of carbonyl (C=O) groups is 2. The molecule has 7 nitrogen and oxygen atoms in total. The van der Waals surface area contributed by atoms with E-state index in [2.05, 4.69) is 21.2 Å². The molecule has 1 N–H and O–H groups in total. The lowest BCUT2D eigenvalue weighted by Gasteiger charge is -2.32. The minimum atomic E-state index is -4.12. The molecule has 10 heteroatoms. The summed E-state index contributed by atoms with van der Waals surface area (Å²) in [7, 11) is -4.12. The summed E-state index contributed by atoms with van der Waals surface area (Å²) < 4.78 is 29.5. The van der Waals surface area contributed by atoms with Crippen molar-refractivity contribution in [3.63, 3.8) is 0 Å². The van der Waals surface area contributed by atoms with Gasteiger partial charge >= 0.3 is 0 Å². The average Bonchev–Trinajstić information content (AvgIpc) is 2.87. The third kappa shape index (κ3) is 7.12. The van der Waals surface area contributed by atoms with Gasteiger partial charge in [0.1, 0.15) is 12.6 Å². The second-order valence-corrected chi connectivity index (χ2v) is 11.7. The molecule has 0 fully saturated rings. The van der Waals surface area contributed by atoms with Gasteiger partial charge in [0.2, 0.25) is 11.8 Å². The van der Waals surface area contributed by atoms with E-state index in [0.717, 1.165) is 14.3 Å². The number of carbonyl (C=O) groups excluding carboxylic acids is 2. The Hall–Kier alpha value is -2.88. The van der Waals surface area contributed by atoms with Crippen LogP contribution in [0.15, 0.2) is 82.2 Å². The molecule has 0 bridgehead atoms. The zero-order valence-corrected chi connectivity index (χ0v) is 24.0. The zero-order valence-electron chi connectivity index (χ0n) is 20.8. The van der Waals surface area contributed by atoms with E-state index >= 15 is 0 Å². The lowest BCUT2D eigenvalue weighted by Crippen LogP contribution is -2.51. The first kappa shape index (κ1) is 28.7. The SMILES string of the molecule is CCNC(=O)[C@@H](C)N(Cc1ccc(Br)cc1)C(=O)CN(c1ccc(Cl)cc1C)S(=O)(=O)c1ccccc1. The van der Waals surface area contributed by atoms with E-state index in [1.807, 2.05) is 24.3 Å². The molecule has 3 aromatic rings. The van der Waals surface area contributed by atoms with Gasteiger partial charge in [0, 0.05) is 22.6 Å². The van der Waals surface area contributed by atoms with Gasteiger partial charge in [0.05, 0.1) is 10.6 Å². The van der Waals surface area contributed by atoms with Crippen LogP contribution in [-0.2, 0) is 26.2 Å². The molecule has 3 rings (SSSR count). The van der Waals surface area contributed by atoms with Crippen molar-refractivity contribution in [3.05, 3.63) is 93.4 Å². The Balaban J connectivity index is 2.04. The molecule has 1 atom stereocenters. The minimum absolute atomic E-state index is 0.0494. The molecule has 0 aliphatic rings. The molecule has 0 saturated carbocycles. The highest BCUT2D eigenvalue weighted by Gasteiger charge is 2.33. The molecular weight excluding hydrogens is 578 g/mol. The molecule has 0 spiro atoms. The van der Waals surface area contributed by atoms with Gasteiger partial charge in [0.25, 0.3) is 10.0 Å². The van der Waals surface area contributed by atoms with Crippen molar-refractivity contribution < 1.29 is 18.0 Å². The minimum Gasteiger partial charge on any atom is -0.355 e. The molecule has 0 unspecified atom stereocenters. The van der Waals surface area contributed by atoms with Crippen molar-refractivity contribution in [1.29, 1.82) is 0 Å². The van der Waals surface area contributed by atoms with Crippen LogP contribution in [-0.4, -0.2) is 44.3 Å². The lowest BCUT2D eigenvalue weighted by molar-refractivity contribution is -0.139. The normalized spacial score (nSPS) is 12.0. The van der Waals surface area contributed by atoms with Crippen molar-refractivity contribution >= 4 is 55.1 Å². The van der Waals surface area contributed by atoms with Crippen LogP contribution >= 0.6 is 27.5 Å². The second kappa shape index (κ2) is 12.6. The molecule has 0 radical (unpaired) electrons. The third-order valence-corrected chi connectivity index (χ3v) is 8.36. The number of benzene rings is 3. The Bertz CT molecular complexity index is 1350. The number of sulfonamides is 1. The number of nitrogens with one attached hydrogen (secondary N) is 1. The van der Waals surface area contributed by atoms with E-state index in [9.17, 15) is 18.0 Å². The van der Waals surface area contributed by atoms with E-state index in [4.69, 9.17) is 11.6 Å². The molecule has 0 aliphatic heterocycles. The summed E-state index contributed by atoms with van der Waals surface area (Å²) in [6, 6.07) is 19.3. The maximum absolute atomic E-state index is 13.8. The molecule has 37 heavy (non-hydrogen) atoms. The number of nitrogens with zero attached hydrogens (tertiary/aromatic N) is 2. The fraction of sp³-hybridized carbons (Fsp3) is 0.259. The molecule has 3 aromatic carbocycles. The number of anilines is 1. The van der Waals surface area contributed by atoms with Crippen molar-refractivity contribution in [2.24, 2.45) is 0 Å². The smallest absolute Gasteiger partial charge is 0.264 e. The van der Waals surface area contributed by atoms with E-state index in [-0.39, 0.29) is 17.3 Å². The third-order valence-electron chi connectivity index (χ3n) is 5.82. The topological polar surface area (TPSA) is 86.8 Å². The van der Waals surface area contributed by atoms with E-state index in [1.54, 1.807) is 57.2 Å². The largest absolute Gasteiger partial charge is 0.355 e. The number of amides is 2. The van der Waals surface area contributed by atoms with Gasteiger partial charge in [-0.25, -0.2) is 8.42 Å². The number of aryl methyl sites for hydroxylation is 1. The summed E-state index contributed by atoms with van der Waals surface area (Å²) in [5.41, 5.74) is 1.72. The van der Waals surface area contributed by atoms with Crippen LogP contribution in [0.4, 0.5) is 5.69 Å². The molecule has 0 saturated heterocycles. The van der Waals surface area contributed by atoms with Crippen molar-refractivity contribution in [2.75, 3.05) is 17.4 Å². The standard InChI is InChI=1S/C27H29BrClN3O4S/c1-4-30-27(34)20(3)31(17-21-10-12-22(28)13-11-21)26(33)18-32(25-15-14-23(29)16-19(25)2)37(35,36)24-8-6-5-7-9-24/h5-16,20H,4,17-18H2,1-3H3,(H,30,34)/t20-/m1/s1. The van der Waals surface area contributed by atoms with Crippen LogP contribution in [0.2, 0.25) is 5.02 Å². The van der Waals surface area contributed by atoms with Gasteiger partial charge in [-0.15, -0.1) is 0 Å². The molecule has 2 amide bonds. The monoisotopic (exact) mass is 605 g/mol. The van der Waals surface area contributed by atoms with Crippen molar-refractivity contribution in [1.82, 2.24) is 10.2 Å². The number of rotatable bonds is 10. The first-order valence-corrected chi connectivity index (χ1v) is 14.3. The zero-order chi connectivity index (χ0) is 27.2. The summed E-state index contributed by atoms with van der Waals surface area (Å²) in [5, 5.41) is 3.20. The summed E-state index contributed by atoms with van der Waals surface area (Å²) >= 11 is 9.53. The van der Waals surface area contributed by atoms with Gasteiger partial charge < -0.3 is 10.2 Å². The summed E-state index contributed by atoms with van der Waals surface area (Å²) in [6.07, 6.45) is 0. The van der Waals surface area contributed by atoms with Gasteiger partial charge in [0.15, 0.2) is 0 Å². The fourth-order valence-electron chi connectivity index (χ4n) is 3.82. The van der Waals surface area contributed by atoms with Gasteiger partial charge in [-0.3, -0.25) is 13.9 Å². The van der Waals surface area contributed by atoms with Crippen molar-refractivity contribution in [3.8, 4) is 0 Å². The Morgan fingerprint density at radius 3 is 2.27 bits per heavy atom. The quantitative estimate of drug-likeness (QED) is 0.346. The highest BCUT2D eigenvalue weighted by Crippen LogP contribution is 2.29. The first-order valence-electron chi connectivity index (χ1n) is 11.7. The molecule has 0 aliphatic carbocycles. The Morgan fingerprint density at radius 1 is 1.03 bits per heavy atom.